The third-order valence-electron chi connectivity index (χ3n) is 3.74. The molecule has 1 fully saturated rings. The molecule has 1 aliphatic heterocycles. The number of halogens is 1. The molecule has 1 aromatic rings. The van der Waals surface area contributed by atoms with E-state index in [0.29, 0.717) is 12.0 Å². The van der Waals surface area contributed by atoms with Crippen LogP contribution in [0.5, 0.6) is 0 Å². The third-order valence-corrected chi connectivity index (χ3v) is 4.63. The van der Waals surface area contributed by atoms with Gasteiger partial charge in [-0.05, 0) is 37.0 Å². The first-order valence-corrected chi connectivity index (χ1v) is 7.98. The molecule has 0 saturated carbocycles. The Kier molecular flexibility index (Phi) is 5.43. The summed E-state index contributed by atoms with van der Waals surface area (Å²) in [5.74, 6) is 0.580. The summed E-state index contributed by atoms with van der Waals surface area (Å²) in [6, 6.07) is 7.11. The van der Waals surface area contributed by atoms with Crippen LogP contribution in [0.1, 0.15) is 43.9 Å². The molecule has 106 valence electrons. The van der Waals surface area contributed by atoms with Crippen LogP contribution in [-0.4, -0.2) is 19.2 Å². The van der Waals surface area contributed by atoms with Gasteiger partial charge in [0.05, 0.1) is 6.10 Å². The van der Waals surface area contributed by atoms with E-state index in [4.69, 9.17) is 4.74 Å². The number of aryl methyl sites for hydroxylation is 1. The Hall–Kier alpha value is -0.380. The maximum atomic E-state index is 6.05. The first kappa shape index (κ1) is 15.0. The molecule has 0 radical (unpaired) electrons. The van der Waals surface area contributed by atoms with E-state index in [-0.39, 0.29) is 6.10 Å². The Balaban J connectivity index is 2.11. The van der Waals surface area contributed by atoms with Gasteiger partial charge in [0.25, 0.3) is 0 Å². The average molecular weight is 326 g/mol. The summed E-state index contributed by atoms with van der Waals surface area (Å²) < 4.78 is 7.22. The fourth-order valence-corrected chi connectivity index (χ4v) is 2.90. The van der Waals surface area contributed by atoms with Gasteiger partial charge in [0.15, 0.2) is 0 Å². The van der Waals surface area contributed by atoms with Crippen molar-refractivity contribution < 1.29 is 4.74 Å². The molecule has 0 bridgehead atoms. The molecule has 1 heterocycles. The van der Waals surface area contributed by atoms with Gasteiger partial charge < -0.3 is 10.1 Å². The zero-order valence-electron chi connectivity index (χ0n) is 12.1. The van der Waals surface area contributed by atoms with E-state index in [1.54, 1.807) is 0 Å². The summed E-state index contributed by atoms with van der Waals surface area (Å²) >= 11 is 3.57. The van der Waals surface area contributed by atoms with Crippen molar-refractivity contribution in [2.24, 2.45) is 5.92 Å². The van der Waals surface area contributed by atoms with Gasteiger partial charge in [-0.25, -0.2) is 0 Å². The van der Waals surface area contributed by atoms with Crippen molar-refractivity contribution in [3.8, 4) is 0 Å². The van der Waals surface area contributed by atoms with Crippen LogP contribution in [0.2, 0.25) is 0 Å². The smallest absolute Gasteiger partial charge is 0.0865 e. The number of hydrogen-bond acceptors (Lipinski definition) is 2. The quantitative estimate of drug-likeness (QED) is 0.894. The molecule has 0 amide bonds. The van der Waals surface area contributed by atoms with Gasteiger partial charge in [0.1, 0.15) is 0 Å². The van der Waals surface area contributed by atoms with Crippen LogP contribution in [0.25, 0.3) is 0 Å². The van der Waals surface area contributed by atoms with Gasteiger partial charge in [-0.2, -0.15) is 0 Å². The van der Waals surface area contributed by atoms with Crippen molar-refractivity contribution in [2.45, 2.75) is 45.8 Å². The van der Waals surface area contributed by atoms with E-state index in [1.165, 1.54) is 28.4 Å². The van der Waals surface area contributed by atoms with Crippen molar-refractivity contribution in [2.75, 3.05) is 13.2 Å². The van der Waals surface area contributed by atoms with Crippen LogP contribution >= 0.6 is 15.9 Å². The SMILES string of the molecule is Cc1cc(C2OCCCC2CNC(C)C)ccc1Br. The van der Waals surface area contributed by atoms with Crippen LogP contribution in [0.15, 0.2) is 22.7 Å². The van der Waals surface area contributed by atoms with Crippen molar-refractivity contribution in [1.29, 1.82) is 0 Å². The monoisotopic (exact) mass is 325 g/mol. The number of nitrogens with one attached hydrogen (secondary N) is 1. The van der Waals surface area contributed by atoms with Crippen molar-refractivity contribution in [3.05, 3.63) is 33.8 Å². The molecule has 2 nitrogen and oxygen atoms in total. The van der Waals surface area contributed by atoms with Gasteiger partial charge >= 0.3 is 0 Å². The average Bonchev–Trinajstić information content (AvgIpc) is 2.40. The second-order valence-corrected chi connectivity index (χ2v) is 6.62. The highest BCUT2D eigenvalue weighted by Crippen LogP contribution is 2.34. The zero-order chi connectivity index (χ0) is 13.8. The summed E-state index contributed by atoms with van der Waals surface area (Å²) in [5, 5.41) is 3.55. The fraction of sp³-hybridized carbons (Fsp3) is 0.625. The predicted octanol–water partition coefficient (Wildman–Crippen LogP) is 4.22. The van der Waals surface area contributed by atoms with Crippen molar-refractivity contribution in [3.63, 3.8) is 0 Å². The van der Waals surface area contributed by atoms with Gasteiger partial charge in [-0.1, -0.05) is 41.9 Å². The molecule has 2 rings (SSSR count). The lowest BCUT2D eigenvalue weighted by molar-refractivity contribution is -0.0282. The predicted molar refractivity (Wildman–Crippen MR) is 83.4 cm³/mol. The summed E-state index contributed by atoms with van der Waals surface area (Å²) in [6.45, 7) is 8.46. The van der Waals surface area contributed by atoms with Crippen molar-refractivity contribution in [1.82, 2.24) is 5.32 Å². The lowest BCUT2D eigenvalue weighted by atomic mass is 9.88. The van der Waals surface area contributed by atoms with E-state index in [9.17, 15) is 0 Å². The Morgan fingerprint density at radius 3 is 2.89 bits per heavy atom. The lowest BCUT2D eigenvalue weighted by Crippen LogP contribution is -2.35. The van der Waals surface area contributed by atoms with Crippen molar-refractivity contribution >= 4 is 15.9 Å². The number of ether oxygens (including phenoxy) is 1. The highest BCUT2D eigenvalue weighted by molar-refractivity contribution is 9.10. The van der Waals surface area contributed by atoms with E-state index >= 15 is 0 Å². The van der Waals surface area contributed by atoms with E-state index in [0.717, 1.165) is 13.2 Å². The molecule has 1 aliphatic rings. The Bertz CT molecular complexity index is 419. The van der Waals surface area contributed by atoms with E-state index < -0.39 is 0 Å². The first-order valence-electron chi connectivity index (χ1n) is 7.19. The third kappa shape index (κ3) is 4.04. The summed E-state index contributed by atoms with van der Waals surface area (Å²) in [4.78, 5) is 0. The minimum absolute atomic E-state index is 0.242. The highest BCUT2D eigenvalue weighted by atomic mass is 79.9. The Morgan fingerprint density at radius 2 is 2.21 bits per heavy atom. The minimum atomic E-state index is 0.242. The first-order chi connectivity index (χ1) is 9.08. The van der Waals surface area contributed by atoms with Gasteiger partial charge in [-0.15, -0.1) is 0 Å². The Labute approximate surface area is 125 Å². The molecular formula is C16H24BrNO. The van der Waals surface area contributed by atoms with Crippen LogP contribution in [0, 0.1) is 12.8 Å². The van der Waals surface area contributed by atoms with Crippen LogP contribution < -0.4 is 5.32 Å². The maximum Gasteiger partial charge on any atom is 0.0865 e. The summed E-state index contributed by atoms with van der Waals surface area (Å²) in [7, 11) is 0. The molecule has 0 aromatic heterocycles. The number of benzene rings is 1. The Morgan fingerprint density at radius 1 is 1.42 bits per heavy atom. The molecule has 1 aromatic carbocycles. The molecular weight excluding hydrogens is 302 g/mol. The number of hydrogen-bond donors (Lipinski definition) is 1. The fourth-order valence-electron chi connectivity index (χ4n) is 2.65. The topological polar surface area (TPSA) is 21.3 Å². The van der Waals surface area contributed by atoms with Gasteiger partial charge in [-0.3, -0.25) is 0 Å². The molecule has 19 heavy (non-hydrogen) atoms. The summed E-state index contributed by atoms with van der Waals surface area (Å²) in [6.07, 6.45) is 2.67. The van der Waals surface area contributed by atoms with Crippen LogP contribution in [-0.2, 0) is 4.74 Å². The minimum Gasteiger partial charge on any atom is -0.373 e. The maximum absolute atomic E-state index is 6.05. The number of rotatable bonds is 4. The largest absolute Gasteiger partial charge is 0.373 e. The lowest BCUT2D eigenvalue weighted by Gasteiger charge is -2.33. The zero-order valence-corrected chi connectivity index (χ0v) is 13.7. The highest BCUT2D eigenvalue weighted by Gasteiger charge is 2.27. The normalized spacial score (nSPS) is 23.8. The molecule has 1 N–H and O–H groups in total. The van der Waals surface area contributed by atoms with Gasteiger partial charge in [0.2, 0.25) is 0 Å². The molecule has 0 spiro atoms. The molecule has 2 atom stereocenters. The van der Waals surface area contributed by atoms with Gasteiger partial charge in [0, 0.05) is 29.6 Å². The van der Waals surface area contributed by atoms with Crippen LogP contribution in [0.4, 0.5) is 0 Å². The molecule has 2 unspecified atom stereocenters. The van der Waals surface area contributed by atoms with E-state index in [1.807, 2.05) is 0 Å². The summed E-state index contributed by atoms with van der Waals surface area (Å²) in [5.41, 5.74) is 2.60. The van der Waals surface area contributed by atoms with Crippen LogP contribution in [0.3, 0.4) is 0 Å². The standard InChI is InChI=1S/C16H24BrNO/c1-11(2)18-10-14-5-4-8-19-16(14)13-6-7-15(17)12(3)9-13/h6-7,9,11,14,16,18H,4-5,8,10H2,1-3H3. The molecule has 3 heteroatoms. The van der Waals surface area contributed by atoms with E-state index in [2.05, 4.69) is 60.2 Å². The second kappa shape index (κ2) is 6.87. The molecule has 0 aliphatic carbocycles. The molecule has 1 saturated heterocycles. The second-order valence-electron chi connectivity index (χ2n) is 5.77.